The Bertz CT molecular complexity index is 722. The predicted molar refractivity (Wildman–Crippen MR) is 83.3 cm³/mol. The van der Waals surface area contributed by atoms with Gasteiger partial charge in [0.2, 0.25) is 5.78 Å². The van der Waals surface area contributed by atoms with Gasteiger partial charge < -0.3 is 9.47 Å². The minimum absolute atomic E-state index is 0.0717. The zero-order chi connectivity index (χ0) is 17.0. The van der Waals surface area contributed by atoms with Gasteiger partial charge in [0.1, 0.15) is 11.6 Å². The molecule has 0 aliphatic carbocycles. The molecule has 2 rings (SSSR count). The predicted octanol–water partition coefficient (Wildman–Crippen LogP) is 3.57. The van der Waals surface area contributed by atoms with Gasteiger partial charge in [-0.15, -0.1) is 0 Å². The lowest BCUT2D eigenvalue weighted by Crippen LogP contribution is -2.24. The third kappa shape index (κ3) is 3.94. The summed E-state index contributed by atoms with van der Waals surface area (Å²) in [5, 5.41) is 0. The summed E-state index contributed by atoms with van der Waals surface area (Å²) in [7, 11) is 1.53. The number of ether oxygens (including phenoxy) is 2. The number of Topliss-reactive ketones (excluding diaryl/α,β-unsaturated/α-hetero) is 1. The van der Waals surface area contributed by atoms with E-state index in [0.717, 1.165) is 6.07 Å². The molecule has 0 saturated carbocycles. The molecular weight excluding hydrogens is 299 g/mol. The minimum Gasteiger partial charge on any atom is -0.497 e. The molecule has 2 aromatic rings. The second-order valence-corrected chi connectivity index (χ2v) is 5.10. The quantitative estimate of drug-likeness (QED) is 0.625. The third-order valence-corrected chi connectivity index (χ3v) is 3.44. The maximum absolute atomic E-state index is 13.5. The van der Waals surface area contributed by atoms with Crippen molar-refractivity contribution in [1.29, 1.82) is 0 Å². The van der Waals surface area contributed by atoms with E-state index in [-0.39, 0.29) is 11.3 Å². The number of carbonyl (C=O) groups is 2. The zero-order valence-electron chi connectivity index (χ0n) is 13.1. The van der Waals surface area contributed by atoms with Crippen molar-refractivity contribution in [3.8, 4) is 5.75 Å². The van der Waals surface area contributed by atoms with Crippen molar-refractivity contribution >= 4 is 11.8 Å². The molecule has 0 fully saturated rings. The Morgan fingerprint density at radius 1 is 1.04 bits per heavy atom. The Hall–Kier alpha value is -2.69. The molecule has 0 saturated heterocycles. The van der Waals surface area contributed by atoms with Gasteiger partial charge in [-0.05, 0) is 55.8 Å². The summed E-state index contributed by atoms with van der Waals surface area (Å²) in [6.07, 6.45) is -0.972. The summed E-state index contributed by atoms with van der Waals surface area (Å²) in [6.45, 7) is 3.08. The van der Waals surface area contributed by atoms with E-state index < -0.39 is 17.9 Å². The van der Waals surface area contributed by atoms with E-state index in [1.807, 2.05) is 0 Å². The summed E-state index contributed by atoms with van der Waals surface area (Å²) in [5.74, 6) is -0.943. The van der Waals surface area contributed by atoms with E-state index in [2.05, 4.69) is 0 Å². The van der Waals surface area contributed by atoms with Crippen LogP contribution in [0.3, 0.4) is 0 Å². The van der Waals surface area contributed by atoms with Crippen molar-refractivity contribution in [2.45, 2.75) is 20.0 Å². The summed E-state index contributed by atoms with van der Waals surface area (Å²) in [5.41, 5.74) is 0.910. The molecule has 0 amide bonds. The molecule has 0 spiro atoms. The Labute approximate surface area is 133 Å². The van der Waals surface area contributed by atoms with Crippen LogP contribution in [-0.4, -0.2) is 25.0 Å². The average Bonchev–Trinajstić information content (AvgIpc) is 2.56. The van der Waals surface area contributed by atoms with E-state index >= 15 is 0 Å². The molecule has 0 aliphatic rings. The van der Waals surface area contributed by atoms with E-state index in [1.165, 1.54) is 26.2 Å². The van der Waals surface area contributed by atoms with Crippen LogP contribution in [0.15, 0.2) is 42.5 Å². The van der Waals surface area contributed by atoms with Gasteiger partial charge in [0.25, 0.3) is 0 Å². The number of hydrogen-bond donors (Lipinski definition) is 0. The molecular formula is C18H17FO4. The topological polar surface area (TPSA) is 52.6 Å². The second-order valence-electron chi connectivity index (χ2n) is 5.10. The highest BCUT2D eigenvalue weighted by Gasteiger charge is 2.21. The van der Waals surface area contributed by atoms with Gasteiger partial charge in [0.15, 0.2) is 6.10 Å². The highest BCUT2D eigenvalue weighted by atomic mass is 19.1. The first kappa shape index (κ1) is 16.7. The van der Waals surface area contributed by atoms with Crippen molar-refractivity contribution < 1.29 is 23.5 Å². The van der Waals surface area contributed by atoms with Crippen LogP contribution in [0.2, 0.25) is 0 Å². The summed E-state index contributed by atoms with van der Waals surface area (Å²) in [4.78, 5) is 24.2. The lowest BCUT2D eigenvalue weighted by atomic mass is 10.1. The molecule has 120 valence electrons. The van der Waals surface area contributed by atoms with E-state index in [9.17, 15) is 14.0 Å². The SMILES string of the molecule is COc1ccc(C(=O)[C@H](C)OC(=O)c2ccc(C)c(F)c2)cc1. The van der Waals surface area contributed by atoms with Gasteiger partial charge in [-0.2, -0.15) is 0 Å². The molecule has 0 N–H and O–H groups in total. The van der Waals surface area contributed by atoms with Gasteiger partial charge in [-0.3, -0.25) is 4.79 Å². The highest BCUT2D eigenvalue weighted by molar-refractivity contribution is 6.01. The summed E-state index contributed by atoms with van der Waals surface area (Å²) < 4.78 is 23.6. The molecule has 0 bridgehead atoms. The second kappa shape index (κ2) is 7.05. The Balaban J connectivity index is 2.07. The number of ketones is 1. The van der Waals surface area contributed by atoms with Crippen molar-refractivity contribution in [3.05, 3.63) is 65.0 Å². The van der Waals surface area contributed by atoms with Crippen LogP contribution in [0.5, 0.6) is 5.75 Å². The number of methoxy groups -OCH3 is 1. The smallest absolute Gasteiger partial charge is 0.338 e. The lowest BCUT2D eigenvalue weighted by molar-refractivity contribution is 0.0318. The molecule has 4 nitrogen and oxygen atoms in total. The molecule has 1 atom stereocenters. The molecule has 0 heterocycles. The van der Waals surface area contributed by atoms with Gasteiger partial charge in [0, 0.05) is 5.56 Å². The molecule has 5 heteroatoms. The highest BCUT2D eigenvalue weighted by Crippen LogP contribution is 2.15. The molecule has 0 aliphatic heterocycles. The maximum atomic E-state index is 13.5. The average molecular weight is 316 g/mol. The Morgan fingerprint density at radius 3 is 2.22 bits per heavy atom. The number of rotatable bonds is 5. The minimum atomic E-state index is -0.972. The van der Waals surface area contributed by atoms with Gasteiger partial charge in [-0.1, -0.05) is 6.07 Å². The van der Waals surface area contributed by atoms with Gasteiger partial charge >= 0.3 is 5.97 Å². The lowest BCUT2D eigenvalue weighted by Gasteiger charge is -2.13. The maximum Gasteiger partial charge on any atom is 0.338 e. The van der Waals surface area contributed by atoms with Crippen LogP contribution in [-0.2, 0) is 4.74 Å². The van der Waals surface area contributed by atoms with Gasteiger partial charge in [0.05, 0.1) is 12.7 Å². The number of halogens is 1. The van der Waals surface area contributed by atoms with Crippen LogP contribution < -0.4 is 4.74 Å². The fraction of sp³-hybridized carbons (Fsp3) is 0.222. The van der Waals surface area contributed by atoms with Crippen molar-refractivity contribution in [3.63, 3.8) is 0 Å². The molecule has 0 radical (unpaired) electrons. The number of hydrogen-bond acceptors (Lipinski definition) is 4. The summed E-state index contributed by atoms with van der Waals surface area (Å²) >= 11 is 0. The fourth-order valence-electron chi connectivity index (χ4n) is 1.99. The Morgan fingerprint density at radius 2 is 1.65 bits per heavy atom. The van der Waals surface area contributed by atoms with Crippen LogP contribution >= 0.6 is 0 Å². The standard InChI is InChI=1S/C18H17FO4/c1-11-4-5-14(10-16(11)19)18(21)23-12(2)17(20)13-6-8-15(22-3)9-7-13/h4-10,12H,1-3H3/t12-/m0/s1. The Kier molecular flexibility index (Phi) is 5.11. The molecule has 0 aromatic heterocycles. The largest absolute Gasteiger partial charge is 0.497 e. The first-order valence-corrected chi connectivity index (χ1v) is 7.07. The van der Waals surface area contributed by atoms with Crippen molar-refractivity contribution in [2.75, 3.05) is 7.11 Å². The van der Waals surface area contributed by atoms with Crippen molar-refractivity contribution in [2.24, 2.45) is 0 Å². The number of benzene rings is 2. The van der Waals surface area contributed by atoms with Crippen LogP contribution in [0.25, 0.3) is 0 Å². The van der Waals surface area contributed by atoms with Crippen LogP contribution in [0.4, 0.5) is 4.39 Å². The number of carbonyl (C=O) groups excluding carboxylic acids is 2. The van der Waals surface area contributed by atoms with E-state index in [1.54, 1.807) is 31.2 Å². The van der Waals surface area contributed by atoms with Crippen LogP contribution in [0, 0.1) is 12.7 Å². The fourth-order valence-corrected chi connectivity index (χ4v) is 1.99. The molecule has 0 unspecified atom stereocenters. The zero-order valence-corrected chi connectivity index (χ0v) is 13.1. The molecule has 2 aromatic carbocycles. The number of esters is 1. The van der Waals surface area contributed by atoms with Crippen LogP contribution in [0.1, 0.15) is 33.2 Å². The van der Waals surface area contributed by atoms with Crippen molar-refractivity contribution in [1.82, 2.24) is 0 Å². The molecule has 23 heavy (non-hydrogen) atoms. The summed E-state index contributed by atoms with van der Waals surface area (Å²) in [6, 6.07) is 10.5. The monoisotopic (exact) mass is 316 g/mol. The van der Waals surface area contributed by atoms with E-state index in [4.69, 9.17) is 9.47 Å². The third-order valence-electron chi connectivity index (χ3n) is 3.44. The first-order chi connectivity index (χ1) is 10.9. The number of aryl methyl sites for hydroxylation is 1. The first-order valence-electron chi connectivity index (χ1n) is 7.07. The van der Waals surface area contributed by atoms with Gasteiger partial charge in [-0.25, -0.2) is 9.18 Å². The van der Waals surface area contributed by atoms with E-state index in [0.29, 0.717) is 16.9 Å². The normalized spacial score (nSPS) is 11.7.